The van der Waals surface area contributed by atoms with Gasteiger partial charge in [-0.25, -0.2) is 4.79 Å². The van der Waals surface area contributed by atoms with Gasteiger partial charge in [0.2, 0.25) is 29.5 Å². The van der Waals surface area contributed by atoms with Crippen LogP contribution in [0.5, 0.6) is 5.75 Å². The lowest BCUT2D eigenvalue weighted by Gasteiger charge is -2.39. The molecule has 55 heavy (non-hydrogen) atoms. The third-order valence-electron chi connectivity index (χ3n) is 10.5. The fourth-order valence-electron chi connectivity index (χ4n) is 7.30. The highest BCUT2D eigenvalue weighted by atomic mass is 16.5. The number of piperidine rings is 1. The van der Waals surface area contributed by atoms with Crippen LogP contribution in [-0.2, 0) is 44.7 Å². The third kappa shape index (κ3) is 12.4. The molecule has 3 heterocycles. The zero-order valence-corrected chi connectivity index (χ0v) is 32.5. The van der Waals surface area contributed by atoms with Crippen LogP contribution < -0.4 is 21.3 Å². The summed E-state index contributed by atoms with van der Waals surface area (Å²) < 4.78 is 5.52. The molecule has 3 fully saturated rings. The van der Waals surface area contributed by atoms with Crippen LogP contribution in [0.2, 0.25) is 0 Å². The number of phenolic OH excluding ortho intramolecular Hbond substituents is 1. The molecule has 302 valence electrons. The van der Waals surface area contributed by atoms with Crippen molar-refractivity contribution in [3.63, 3.8) is 0 Å². The maximum absolute atomic E-state index is 13.6. The molecule has 0 radical (unpaired) electrons. The van der Waals surface area contributed by atoms with E-state index in [4.69, 9.17) is 4.74 Å². The number of nitrogens with zero attached hydrogens (tertiary/aromatic N) is 2. The molecule has 4 rings (SSSR count). The highest BCUT2D eigenvalue weighted by Gasteiger charge is 2.41. The molecule has 3 aliphatic heterocycles. The minimum atomic E-state index is -1.24. The molecule has 0 aromatic heterocycles. The van der Waals surface area contributed by atoms with E-state index in [0.29, 0.717) is 37.8 Å². The van der Waals surface area contributed by atoms with Gasteiger partial charge >= 0.3 is 5.97 Å². The molecule has 7 atom stereocenters. The number of ether oxygens (including phenoxy) is 1. The predicted octanol–water partition coefficient (Wildman–Crippen LogP) is 1.66. The number of phenols is 1. The first-order valence-corrected chi connectivity index (χ1v) is 19.7. The molecule has 0 aliphatic carbocycles. The van der Waals surface area contributed by atoms with Gasteiger partial charge in [-0.15, -0.1) is 0 Å². The van der Waals surface area contributed by atoms with Crippen molar-refractivity contribution in [3.8, 4) is 5.75 Å². The largest absolute Gasteiger partial charge is 0.508 e. The number of aromatic hydroxyl groups is 1. The second-order valence-corrected chi connectivity index (χ2v) is 15.0. The number of hydrogen-bond donors (Lipinski definition) is 5. The van der Waals surface area contributed by atoms with Crippen LogP contribution in [0.3, 0.4) is 0 Å². The molecule has 5 N–H and O–H groups in total. The number of allylic oxidation sites excluding steroid dienone is 1. The third-order valence-corrected chi connectivity index (χ3v) is 10.5. The second kappa shape index (κ2) is 20.8. The lowest BCUT2D eigenvalue weighted by molar-refractivity contribution is -0.155. The van der Waals surface area contributed by atoms with Crippen molar-refractivity contribution < 1.29 is 43.4 Å². The van der Waals surface area contributed by atoms with Crippen molar-refractivity contribution in [3.05, 3.63) is 42.0 Å². The van der Waals surface area contributed by atoms with E-state index in [9.17, 15) is 38.7 Å². The molecular weight excluding hydrogens is 708 g/mol. The molecule has 1 unspecified atom stereocenters. The number of carbonyl (C=O) groups is 7. The summed E-state index contributed by atoms with van der Waals surface area (Å²) in [5.41, 5.74) is 0.568. The minimum absolute atomic E-state index is 0.0125. The number of Topliss-reactive ketones (excluding diaryl/α,β-unsaturated/α-hetero) is 1. The average Bonchev–Trinajstić information content (AvgIpc) is 3.88. The van der Waals surface area contributed by atoms with Crippen molar-refractivity contribution in [1.82, 2.24) is 31.1 Å². The molecule has 1 aromatic rings. The smallest absolute Gasteiger partial charge is 0.328 e. The second-order valence-electron chi connectivity index (χ2n) is 15.0. The van der Waals surface area contributed by atoms with Gasteiger partial charge in [0.25, 0.3) is 0 Å². The predicted molar refractivity (Wildman–Crippen MR) is 203 cm³/mol. The lowest BCUT2D eigenvalue weighted by atomic mass is 9.91. The summed E-state index contributed by atoms with van der Waals surface area (Å²) in [4.78, 5) is 95.7. The Labute approximate surface area is 323 Å². The number of rotatable bonds is 17. The van der Waals surface area contributed by atoms with E-state index in [-0.39, 0.29) is 36.6 Å². The standard InChI is InChI=1S/C40H58N6O9/c1-5-6-7-8-16-35(49)43-31(23-28-12-9-13-29(48)22-28)36(50)44-32(27(4)47)24-55-40(54)33-15-11-19-45(33)38(52)26(3)42-37(51)34-21-25(2)17-20-46(34)39(53)30-14-10-18-41-30/h8-9,12-13,16,22,25-26,30-34,41,48H,5-7,10-11,14-15,17-21,23-24H2,1-4H3,(H,42,51)(H,43,49)(H,44,50)/b16-8+/t25?,26-,30-,31-,32-,33-,34-/m0/s1. The first-order chi connectivity index (χ1) is 26.3. The molecule has 5 amide bonds. The number of nitrogens with one attached hydrogen (secondary N) is 4. The summed E-state index contributed by atoms with van der Waals surface area (Å²) in [5, 5.41) is 21.2. The molecule has 15 heteroatoms. The first kappa shape index (κ1) is 42.9. The van der Waals surface area contributed by atoms with Crippen molar-refractivity contribution in [2.45, 2.75) is 128 Å². The van der Waals surface area contributed by atoms with Crippen LogP contribution in [0.25, 0.3) is 0 Å². The molecule has 3 aliphatic rings. The van der Waals surface area contributed by atoms with E-state index in [1.54, 1.807) is 30.0 Å². The number of esters is 1. The van der Waals surface area contributed by atoms with Gasteiger partial charge in [0.05, 0.1) is 6.04 Å². The van der Waals surface area contributed by atoms with Gasteiger partial charge in [-0.05, 0) is 95.0 Å². The van der Waals surface area contributed by atoms with E-state index in [1.165, 1.54) is 30.0 Å². The fraction of sp³-hybridized carbons (Fsp3) is 0.625. The Morgan fingerprint density at radius 2 is 1.76 bits per heavy atom. The molecule has 0 saturated carbocycles. The molecule has 3 saturated heterocycles. The van der Waals surface area contributed by atoms with Crippen LogP contribution in [-0.4, -0.2) is 119 Å². The zero-order chi connectivity index (χ0) is 40.1. The Morgan fingerprint density at radius 1 is 0.982 bits per heavy atom. The maximum atomic E-state index is 13.6. The Hall–Kier alpha value is -4.79. The van der Waals surface area contributed by atoms with Crippen LogP contribution in [0.4, 0.5) is 0 Å². The quantitative estimate of drug-likeness (QED) is 0.0882. The van der Waals surface area contributed by atoms with Gasteiger partial charge in [-0.1, -0.05) is 44.9 Å². The first-order valence-electron chi connectivity index (χ1n) is 19.7. The lowest BCUT2D eigenvalue weighted by Crippen LogP contribution is -2.59. The Bertz CT molecular complexity index is 1580. The molecule has 0 bridgehead atoms. The Balaban J connectivity index is 1.35. The molecule has 1 aromatic carbocycles. The Morgan fingerprint density at radius 3 is 2.45 bits per heavy atom. The number of unbranched alkanes of at least 4 members (excludes halogenated alkanes) is 2. The number of amides is 5. The SMILES string of the molecule is CCCC/C=C/C(=O)N[C@@H](Cc1cccc(O)c1)C(=O)N[C@@H](COC(=O)[C@@H]1CCCN1C(=O)[C@H](C)NC(=O)[C@@H]1CC(C)CCN1C(=O)[C@@H]1CCCN1)C(C)=O. The normalized spacial score (nSPS) is 22.8. The Kier molecular flexibility index (Phi) is 16.2. The molecule has 0 spiro atoms. The van der Waals surface area contributed by atoms with E-state index in [1.807, 2.05) is 13.8 Å². The van der Waals surface area contributed by atoms with Crippen molar-refractivity contribution >= 4 is 41.3 Å². The van der Waals surface area contributed by atoms with Gasteiger partial charge in [-0.2, -0.15) is 0 Å². The van der Waals surface area contributed by atoms with Gasteiger partial charge in [0.15, 0.2) is 5.78 Å². The summed E-state index contributed by atoms with van der Waals surface area (Å²) in [6.45, 7) is 7.82. The minimum Gasteiger partial charge on any atom is -0.508 e. The van der Waals surface area contributed by atoms with E-state index < -0.39 is 72.2 Å². The van der Waals surface area contributed by atoms with Gasteiger partial charge < -0.3 is 40.9 Å². The summed E-state index contributed by atoms with van der Waals surface area (Å²) in [6.07, 6.45) is 9.34. The van der Waals surface area contributed by atoms with Gasteiger partial charge in [0, 0.05) is 19.5 Å². The topological polar surface area (TPSA) is 204 Å². The monoisotopic (exact) mass is 766 g/mol. The highest BCUT2D eigenvalue weighted by molar-refractivity contribution is 5.96. The summed E-state index contributed by atoms with van der Waals surface area (Å²) >= 11 is 0. The van der Waals surface area contributed by atoms with Crippen LogP contribution in [0, 0.1) is 5.92 Å². The van der Waals surface area contributed by atoms with E-state index in [0.717, 1.165) is 38.6 Å². The maximum Gasteiger partial charge on any atom is 0.328 e. The van der Waals surface area contributed by atoms with Gasteiger partial charge in [0.1, 0.15) is 42.6 Å². The van der Waals surface area contributed by atoms with Crippen LogP contribution >= 0.6 is 0 Å². The number of hydrogen-bond acceptors (Lipinski definition) is 10. The summed E-state index contributed by atoms with van der Waals surface area (Å²) in [5.74, 6) is -3.21. The fourth-order valence-corrected chi connectivity index (χ4v) is 7.30. The summed E-state index contributed by atoms with van der Waals surface area (Å²) in [6, 6.07) is 0.914. The molecular formula is C40H58N6O9. The van der Waals surface area contributed by atoms with Crippen LogP contribution in [0.15, 0.2) is 36.4 Å². The zero-order valence-electron chi connectivity index (χ0n) is 32.5. The van der Waals surface area contributed by atoms with Gasteiger partial charge in [-0.3, -0.25) is 28.8 Å². The number of carbonyl (C=O) groups excluding carboxylic acids is 7. The number of likely N-dealkylation sites (tertiary alicyclic amines) is 2. The van der Waals surface area contributed by atoms with E-state index in [2.05, 4.69) is 21.3 Å². The number of ketones is 1. The van der Waals surface area contributed by atoms with Crippen molar-refractivity contribution in [2.75, 3.05) is 26.2 Å². The highest BCUT2D eigenvalue weighted by Crippen LogP contribution is 2.26. The van der Waals surface area contributed by atoms with Crippen molar-refractivity contribution in [1.29, 1.82) is 0 Å². The van der Waals surface area contributed by atoms with E-state index >= 15 is 0 Å². The average molecular weight is 767 g/mol. The number of benzene rings is 1. The summed E-state index contributed by atoms with van der Waals surface area (Å²) in [7, 11) is 0. The van der Waals surface area contributed by atoms with Crippen LogP contribution in [0.1, 0.15) is 91.0 Å². The van der Waals surface area contributed by atoms with Crippen molar-refractivity contribution in [2.24, 2.45) is 5.92 Å². The molecule has 15 nitrogen and oxygen atoms in total.